The average Bonchev–Trinajstić information content (AvgIpc) is 2.70. The number of methoxy groups -OCH3 is 1. The van der Waals surface area contributed by atoms with Crippen LogP contribution in [-0.2, 0) is 21.3 Å². The number of hydrogen-bond acceptors (Lipinski definition) is 5. The van der Waals surface area contributed by atoms with E-state index < -0.39 is 10.0 Å². The summed E-state index contributed by atoms with van der Waals surface area (Å²) >= 11 is 0. The molecule has 0 amide bonds. The molecule has 8 heteroatoms. The van der Waals surface area contributed by atoms with Crippen LogP contribution in [0.5, 0.6) is 0 Å². The molecule has 0 atom stereocenters. The van der Waals surface area contributed by atoms with Gasteiger partial charge in [0.05, 0.1) is 18.0 Å². The van der Waals surface area contributed by atoms with Gasteiger partial charge in [-0.25, -0.2) is 13.1 Å². The second kappa shape index (κ2) is 8.47. The molecule has 1 aromatic heterocycles. The molecule has 2 N–H and O–H groups in total. The standard InChI is InChI=1S/C13H26N4O3S/c1-5-14-7-6-9-17-12(3)13(11(2)16-17)21(18,19)15-8-10-20-4/h14-15H,5-10H2,1-4H3. The fraction of sp³-hybridized carbons (Fsp3) is 0.769. The largest absolute Gasteiger partial charge is 0.383 e. The van der Waals surface area contributed by atoms with Gasteiger partial charge in [0.25, 0.3) is 0 Å². The van der Waals surface area contributed by atoms with Crippen molar-refractivity contribution in [1.82, 2.24) is 19.8 Å². The van der Waals surface area contributed by atoms with Gasteiger partial charge in [0, 0.05) is 20.2 Å². The van der Waals surface area contributed by atoms with Gasteiger partial charge in [0.1, 0.15) is 4.90 Å². The first-order valence-electron chi connectivity index (χ1n) is 7.17. The van der Waals surface area contributed by atoms with Gasteiger partial charge in [0.2, 0.25) is 10.0 Å². The molecular formula is C13H26N4O3S. The first-order valence-corrected chi connectivity index (χ1v) is 8.65. The third-order valence-electron chi connectivity index (χ3n) is 3.16. The number of ether oxygens (including phenoxy) is 1. The molecular weight excluding hydrogens is 292 g/mol. The summed E-state index contributed by atoms with van der Waals surface area (Å²) in [5, 5.41) is 7.58. The summed E-state index contributed by atoms with van der Waals surface area (Å²) in [5.74, 6) is 0. The minimum absolute atomic E-state index is 0.253. The number of aromatic nitrogens is 2. The molecule has 0 aliphatic rings. The van der Waals surface area contributed by atoms with E-state index in [-0.39, 0.29) is 11.4 Å². The van der Waals surface area contributed by atoms with E-state index in [0.29, 0.717) is 24.5 Å². The number of hydrogen-bond donors (Lipinski definition) is 2. The Bertz CT molecular complexity index is 540. The van der Waals surface area contributed by atoms with E-state index in [9.17, 15) is 8.42 Å². The maximum absolute atomic E-state index is 12.3. The molecule has 21 heavy (non-hydrogen) atoms. The highest BCUT2D eigenvalue weighted by molar-refractivity contribution is 7.89. The lowest BCUT2D eigenvalue weighted by atomic mass is 10.4. The van der Waals surface area contributed by atoms with Gasteiger partial charge in [-0.2, -0.15) is 5.10 Å². The number of rotatable bonds is 10. The van der Waals surface area contributed by atoms with E-state index in [0.717, 1.165) is 19.5 Å². The van der Waals surface area contributed by atoms with Crippen LogP contribution in [0, 0.1) is 13.8 Å². The SMILES string of the molecule is CCNCCCn1nc(C)c(S(=O)(=O)NCCOC)c1C. The minimum Gasteiger partial charge on any atom is -0.383 e. The summed E-state index contributed by atoms with van der Waals surface area (Å²) in [6.45, 7) is 8.68. The smallest absolute Gasteiger partial charge is 0.244 e. The summed E-state index contributed by atoms with van der Waals surface area (Å²) in [5.41, 5.74) is 1.20. The third-order valence-corrected chi connectivity index (χ3v) is 4.87. The van der Waals surface area contributed by atoms with Crippen molar-refractivity contribution < 1.29 is 13.2 Å². The van der Waals surface area contributed by atoms with Crippen LogP contribution in [0.1, 0.15) is 24.7 Å². The molecule has 7 nitrogen and oxygen atoms in total. The minimum atomic E-state index is -3.54. The Morgan fingerprint density at radius 2 is 2.00 bits per heavy atom. The molecule has 0 fully saturated rings. The number of nitrogens with zero attached hydrogens (tertiary/aromatic N) is 2. The zero-order chi connectivity index (χ0) is 15.9. The van der Waals surface area contributed by atoms with Gasteiger partial charge in [-0.3, -0.25) is 4.68 Å². The van der Waals surface area contributed by atoms with Gasteiger partial charge in [-0.1, -0.05) is 6.92 Å². The van der Waals surface area contributed by atoms with Crippen LogP contribution in [0.25, 0.3) is 0 Å². The van der Waals surface area contributed by atoms with Crippen LogP contribution in [-0.4, -0.2) is 51.5 Å². The van der Waals surface area contributed by atoms with E-state index in [2.05, 4.69) is 22.1 Å². The van der Waals surface area contributed by atoms with Crippen molar-refractivity contribution in [2.24, 2.45) is 0 Å². The first-order chi connectivity index (χ1) is 9.94. The van der Waals surface area contributed by atoms with Crippen molar-refractivity contribution in [3.8, 4) is 0 Å². The maximum Gasteiger partial charge on any atom is 0.244 e. The van der Waals surface area contributed by atoms with Crippen LogP contribution in [0.4, 0.5) is 0 Å². The summed E-state index contributed by atoms with van der Waals surface area (Å²) in [6.07, 6.45) is 0.909. The van der Waals surface area contributed by atoms with E-state index >= 15 is 0 Å². The summed E-state index contributed by atoms with van der Waals surface area (Å²) in [7, 11) is -2.00. The number of sulfonamides is 1. The van der Waals surface area contributed by atoms with Crippen LogP contribution >= 0.6 is 0 Å². The predicted octanol–water partition coefficient (Wildman–Crippen LogP) is 0.424. The monoisotopic (exact) mass is 318 g/mol. The van der Waals surface area contributed by atoms with Crippen LogP contribution in [0.2, 0.25) is 0 Å². The van der Waals surface area contributed by atoms with E-state index in [1.54, 1.807) is 18.5 Å². The average molecular weight is 318 g/mol. The Balaban J connectivity index is 2.81. The maximum atomic E-state index is 12.3. The topological polar surface area (TPSA) is 85.2 Å². The molecule has 1 aromatic rings. The lowest BCUT2D eigenvalue weighted by Crippen LogP contribution is -2.28. The lowest BCUT2D eigenvalue weighted by Gasteiger charge is -2.08. The quantitative estimate of drug-likeness (QED) is 0.611. The fourth-order valence-corrected chi connectivity index (χ4v) is 3.59. The molecule has 0 aliphatic carbocycles. The van der Waals surface area contributed by atoms with Crippen molar-refractivity contribution in [2.75, 3.05) is 33.4 Å². The molecule has 0 saturated carbocycles. The molecule has 0 unspecified atom stereocenters. The zero-order valence-corrected chi connectivity index (χ0v) is 14.1. The fourth-order valence-electron chi connectivity index (χ4n) is 2.17. The Kier molecular flexibility index (Phi) is 7.30. The molecule has 1 rings (SSSR count). The predicted molar refractivity (Wildman–Crippen MR) is 81.9 cm³/mol. The highest BCUT2D eigenvalue weighted by Gasteiger charge is 2.23. The van der Waals surface area contributed by atoms with Gasteiger partial charge in [-0.05, 0) is 33.4 Å². The normalized spacial score (nSPS) is 12.0. The van der Waals surface area contributed by atoms with Crippen molar-refractivity contribution >= 4 is 10.0 Å². The summed E-state index contributed by atoms with van der Waals surface area (Å²) in [6, 6.07) is 0. The number of nitrogens with one attached hydrogen (secondary N) is 2. The lowest BCUT2D eigenvalue weighted by molar-refractivity contribution is 0.204. The van der Waals surface area contributed by atoms with Crippen LogP contribution in [0.15, 0.2) is 4.90 Å². The molecule has 0 spiro atoms. The first kappa shape index (κ1) is 18.1. The second-order valence-electron chi connectivity index (χ2n) is 4.82. The Morgan fingerprint density at radius 1 is 1.29 bits per heavy atom. The van der Waals surface area contributed by atoms with Crippen LogP contribution < -0.4 is 10.0 Å². The van der Waals surface area contributed by atoms with Crippen LogP contribution in [0.3, 0.4) is 0 Å². The van der Waals surface area contributed by atoms with Gasteiger partial charge >= 0.3 is 0 Å². The number of aryl methyl sites for hydroxylation is 2. The van der Waals surface area contributed by atoms with E-state index in [4.69, 9.17) is 4.74 Å². The highest BCUT2D eigenvalue weighted by Crippen LogP contribution is 2.19. The Morgan fingerprint density at radius 3 is 2.62 bits per heavy atom. The van der Waals surface area contributed by atoms with Crippen molar-refractivity contribution in [1.29, 1.82) is 0 Å². The Labute approximate surface area is 127 Å². The Hall–Kier alpha value is -0.960. The van der Waals surface area contributed by atoms with Crippen molar-refractivity contribution in [2.45, 2.75) is 38.6 Å². The molecule has 122 valence electrons. The van der Waals surface area contributed by atoms with Crippen molar-refractivity contribution in [3.63, 3.8) is 0 Å². The summed E-state index contributed by atoms with van der Waals surface area (Å²) < 4.78 is 33.8. The van der Waals surface area contributed by atoms with E-state index in [1.165, 1.54) is 7.11 Å². The van der Waals surface area contributed by atoms with Gasteiger partial charge in [0.15, 0.2) is 0 Å². The molecule has 1 heterocycles. The molecule has 0 aliphatic heterocycles. The van der Waals surface area contributed by atoms with Gasteiger partial charge in [-0.15, -0.1) is 0 Å². The second-order valence-corrected chi connectivity index (χ2v) is 6.52. The van der Waals surface area contributed by atoms with Crippen molar-refractivity contribution in [3.05, 3.63) is 11.4 Å². The molecule has 0 radical (unpaired) electrons. The molecule has 0 aromatic carbocycles. The van der Waals surface area contributed by atoms with E-state index in [1.807, 2.05) is 0 Å². The highest BCUT2D eigenvalue weighted by atomic mass is 32.2. The third kappa shape index (κ3) is 5.06. The van der Waals surface area contributed by atoms with Gasteiger partial charge < -0.3 is 10.1 Å². The summed E-state index contributed by atoms with van der Waals surface area (Å²) in [4.78, 5) is 0.280. The molecule has 0 saturated heterocycles. The molecule has 0 bridgehead atoms. The zero-order valence-electron chi connectivity index (χ0n) is 13.3.